The van der Waals surface area contributed by atoms with Gasteiger partial charge in [-0.2, -0.15) is 0 Å². The quantitative estimate of drug-likeness (QED) is 0.305. The number of methoxy groups -OCH3 is 1. The third kappa shape index (κ3) is 5.44. The molecule has 42 heavy (non-hydrogen) atoms. The topological polar surface area (TPSA) is 132 Å². The number of carbonyl (C=O) groups is 4. The van der Waals surface area contributed by atoms with Gasteiger partial charge in [0.05, 0.1) is 48.4 Å². The maximum absolute atomic E-state index is 13.4. The summed E-state index contributed by atoms with van der Waals surface area (Å²) in [6.07, 6.45) is 4.34. The van der Waals surface area contributed by atoms with Crippen molar-refractivity contribution in [1.82, 2.24) is 25.2 Å². The van der Waals surface area contributed by atoms with E-state index < -0.39 is 24.0 Å². The fraction of sp³-hybridized carbons (Fsp3) is 0.290. The summed E-state index contributed by atoms with van der Waals surface area (Å²) in [7, 11) is 1.29. The minimum Gasteiger partial charge on any atom is -0.453 e. The number of aromatic nitrogens is 3. The molecule has 2 aliphatic rings. The average molecular weight is 630 g/mol. The van der Waals surface area contributed by atoms with E-state index in [1.165, 1.54) is 7.11 Å². The highest BCUT2D eigenvalue weighted by atomic mass is 79.9. The molecule has 0 saturated carbocycles. The van der Waals surface area contributed by atoms with Crippen LogP contribution in [0.2, 0.25) is 0 Å². The molecule has 1 aliphatic heterocycles. The summed E-state index contributed by atoms with van der Waals surface area (Å²) in [4.78, 5) is 60.6. The number of nitrogens with zero attached hydrogens (tertiary/aromatic N) is 3. The lowest BCUT2D eigenvalue weighted by Gasteiger charge is -2.31. The Hall–Kier alpha value is -4.38. The molecule has 2 amide bonds. The second kappa shape index (κ2) is 11.5. The SMILES string of the molecule is COC(=O)N[C@H]1CCc2ccn3c2C1C(=O)C[C@H](C(=O)NCC(=O)c1ccc(-c2cnc4cc(Br)ccc4n2)cc1)C3. The van der Waals surface area contributed by atoms with E-state index in [-0.39, 0.29) is 30.4 Å². The lowest BCUT2D eigenvalue weighted by Crippen LogP contribution is -2.45. The molecule has 2 aromatic heterocycles. The summed E-state index contributed by atoms with van der Waals surface area (Å²) in [6, 6.07) is 14.3. The van der Waals surface area contributed by atoms with E-state index in [9.17, 15) is 19.2 Å². The van der Waals surface area contributed by atoms with E-state index in [0.717, 1.165) is 38.7 Å². The number of fused-ring (bicyclic) bond motifs is 1. The van der Waals surface area contributed by atoms with E-state index in [1.54, 1.807) is 30.5 Å². The normalized spacial score (nSPS) is 19.5. The number of alkyl carbamates (subject to hydrolysis) is 1. The van der Waals surface area contributed by atoms with Gasteiger partial charge >= 0.3 is 6.09 Å². The zero-order chi connectivity index (χ0) is 29.4. The van der Waals surface area contributed by atoms with Crippen LogP contribution in [-0.4, -0.2) is 57.8 Å². The number of benzene rings is 2. The molecule has 11 heteroatoms. The summed E-state index contributed by atoms with van der Waals surface area (Å²) >= 11 is 3.44. The number of hydrogen-bond acceptors (Lipinski definition) is 7. The standard InChI is InChI=1S/C31H28BrN5O5/c1-42-31(41)36-23-8-6-19-10-11-37-16-20(12-26(38)28(23)29(19)37)30(40)34-15-27(39)18-4-2-17(3-5-18)25-14-33-24-13-21(32)7-9-22(24)35-25/h2-5,7,9-11,13-14,20,23,28H,6,8,12,15-16H2,1H3,(H,34,40)(H,36,41)/t20-,23-,28?/m0/s1. The molecule has 214 valence electrons. The van der Waals surface area contributed by atoms with E-state index in [0.29, 0.717) is 24.2 Å². The van der Waals surface area contributed by atoms with Gasteiger partial charge in [-0.05, 0) is 42.7 Å². The number of nitrogens with one attached hydrogen (secondary N) is 2. The molecule has 4 aromatic rings. The van der Waals surface area contributed by atoms with E-state index in [1.807, 2.05) is 35.0 Å². The highest BCUT2D eigenvalue weighted by Crippen LogP contribution is 2.38. The molecule has 2 aromatic carbocycles. The third-order valence-electron chi connectivity index (χ3n) is 8.02. The molecule has 2 N–H and O–H groups in total. The zero-order valence-electron chi connectivity index (χ0n) is 22.8. The maximum Gasteiger partial charge on any atom is 0.407 e. The smallest absolute Gasteiger partial charge is 0.407 e. The van der Waals surface area contributed by atoms with Crippen molar-refractivity contribution in [2.75, 3.05) is 13.7 Å². The molecule has 10 nitrogen and oxygen atoms in total. The third-order valence-corrected chi connectivity index (χ3v) is 8.51. The Morgan fingerprint density at radius 3 is 2.69 bits per heavy atom. The number of aryl methyl sites for hydroxylation is 1. The molecular weight excluding hydrogens is 602 g/mol. The fourth-order valence-corrected chi connectivity index (χ4v) is 6.25. The second-order valence-corrected chi connectivity index (χ2v) is 11.5. The molecule has 0 radical (unpaired) electrons. The van der Waals surface area contributed by atoms with E-state index in [4.69, 9.17) is 4.74 Å². The predicted octanol–water partition coefficient (Wildman–Crippen LogP) is 4.20. The number of halogens is 1. The lowest BCUT2D eigenvalue weighted by atomic mass is 9.79. The van der Waals surface area contributed by atoms with Gasteiger partial charge in [-0.15, -0.1) is 0 Å². The molecule has 6 rings (SSSR count). The van der Waals surface area contributed by atoms with Crippen molar-refractivity contribution in [2.45, 2.75) is 37.8 Å². The van der Waals surface area contributed by atoms with Crippen molar-refractivity contribution in [3.8, 4) is 11.3 Å². The molecule has 3 heterocycles. The number of carbonyl (C=O) groups excluding carboxylic acids is 4. The van der Waals surface area contributed by atoms with Crippen molar-refractivity contribution in [2.24, 2.45) is 5.92 Å². The van der Waals surface area contributed by atoms with Gasteiger partial charge in [0.25, 0.3) is 0 Å². The largest absolute Gasteiger partial charge is 0.453 e. The summed E-state index contributed by atoms with van der Waals surface area (Å²) in [5.41, 5.74) is 5.41. The molecule has 0 bridgehead atoms. The first-order valence-corrected chi connectivity index (χ1v) is 14.5. The number of hydrogen-bond donors (Lipinski definition) is 2. The molecule has 3 atom stereocenters. The minimum atomic E-state index is -0.638. The highest BCUT2D eigenvalue weighted by Gasteiger charge is 2.42. The van der Waals surface area contributed by atoms with Crippen molar-refractivity contribution in [3.63, 3.8) is 0 Å². The van der Waals surface area contributed by atoms with Crippen LogP contribution in [-0.2, 0) is 27.3 Å². The maximum atomic E-state index is 13.4. The van der Waals surface area contributed by atoms with Gasteiger partial charge in [0.2, 0.25) is 5.91 Å². The monoisotopic (exact) mass is 629 g/mol. The van der Waals surface area contributed by atoms with Crippen LogP contribution in [0.5, 0.6) is 0 Å². The van der Waals surface area contributed by atoms with Crippen molar-refractivity contribution in [3.05, 3.63) is 82.2 Å². The van der Waals surface area contributed by atoms with Crippen LogP contribution in [0.3, 0.4) is 0 Å². The zero-order valence-corrected chi connectivity index (χ0v) is 24.4. The highest BCUT2D eigenvalue weighted by molar-refractivity contribution is 9.10. The van der Waals surface area contributed by atoms with Crippen LogP contribution < -0.4 is 10.6 Å². The summed E-state index contributed by atoms with van der Waals surface area (Å²) in [5, 5.41) is 5.53. The Morgan fingerprint density at radius 1 is 1.10 bits per heavy atom. The van der Waals surface area contributed by atoms with E-state index >= 15 is 0 Å². The molecule has 0 fully saturated rings. The summed E-state index contributed by atoms with van der Waals surface area (Å²) in [5.74, 6) is -1.90. The van der Waals surface area contributed by atoms with Gasteiger partial charge in [-0.25, -0.2) is 9.78 Å². The second-order valence-electron chi connectivity index (χ2n) is 10.6. The van der Waals surface area contributed by atoms with Crippen molar-refractivity contribution >= 4 is 50.5 Å². The Morgan fingerprint density at radius 2 is 1.90 bits per heavy atom. The number of ketones is 2. The Kier molecular flexibility index (Phi) is 7.59. The van der Waals surface area contributed by atoms with Crippen LogP contribution in [0.15, 0.2) is 65.4 Å². The van der Waals surface area contributed by atoms with Crippen LogP contribution in [0.4, 0.5) is 4.79 Å². The first kappa shape index (κ1) is 27.8. The lowest BCUT2D eigenvalue weighted by molar-refractivity contribution is -0.130. The summed E-state index contributed by atoms with van der Waals surface area (Å²) < 4.78 is 7.62. The number of amides is 2. The van der Waals surface area contributed by atoms with Gasteiger partial charge < -0.3 is 19.9 Å². The predicted molar refractivity (Wildman–Crippen MR) is 158 cm³/mol. The first-order valence-electron chi connectivity index (χ1n) is 13.7. The average Bonchev–Trinajstić information content (AvgIpc) is 3.34. The van der Waals surface area contributed by atoms with Gasteiger partial charge in [0.15, 0.2) is 5.78 Å². The molecule has 1 unspecified atom stereocenters. The van der Waals surface area contributed by atoms with Crippen molar-refractivity contribution < 1.29 is 23.9 Å². The van der Waals surface area contributed by atoms with Crippen molar-refractivity contribution in [1.29, 1.82) is 0 Å². The fourth-order valence-electron chi connectivity index (χ4n) is 5.90. The van der Waals surface area contributed by atoms with Crippen LogP contribution in [0.25, 0.3) is 22.3 Å². The van der Waals surface area contributed by atoms with Gasteiger partial charge in [-0.3, -0.25) is 19.4 Å². The molecular formula is C31H28BrN5O5. The number of Topliss-reactive ketones (excluding diaryl/α,β-unsaturated/α-hetero) is 2. The van der Waals surface area contributed by atoms with Crippen LogP contribution in [0.1, 0.15) is 40.4 Å². The van der Waals surface area contributed by atoms with Gasteiger partial charge in [0, 0.05) is 46.5 Å². The molecule has 1 aliphatic carbocycles. The Balaban J connectivity index is 1.11. The number of rotatable bonds is 6. The van der Waals surface area contributed by atoms with Gasteiger partial charge in [-0.1, -0.05) is 40.2 Å². The molecule has 0 saturated heterocycles. The molecule has 0 spiro atoms. The Labute approximate surface area is 250 Å². The number of ether oxygens (including phenoxy) is 1. The first-order chi connectivity index (χ1) is 20.3. The Bertz CT molecular complexity index is 1720. The van der Waals surface area contributed by atoms with Crippen LogP contribution >= 0.6 is 15.9 Å². The summed E-state index contributed by atoms with van der Waals surface area (Å²) in [6.45, 7) is 0.133. The van der Waals surface area contributed by atoms with Crippen LogP contribution in [0, 0.1) is 5.92 Å². The minimum absolute atomic E-state index is 0.0175. The van der Waals surface area contributed by atoms with E-state index in [2.05, 4.69) is 36.5 Å². The van der Waals surface area contributed by atoms with Gasteiger partial charge in [0.1, 0.15) is 5.78 Å².